The van der Waals surface area contributed by atoms with E-state index in [0.29, 0.717) is 0 Å². The van der Waals surface area contributed by atoms with Crippen LogP contribution in [0.3, 0.4) is 0 Å². The van der Waals surface area contributed by atoms with E-state index in [1.54, 1.807) is 0 Å². The first-order valence-corrected chi connectivity index (χ1v) is 3.07. The second-order valence-electron chi connectivity index (χ2n) is 0.316. The maximum atomic E-state index is 7.71. The van der Waals surface area contributed by atoms with Gasteiger partial charge in [0.1, 0.15) is 0 Å². The van der Waals surface area contributed by atoms with Crippen LogP contribution in [0.5, 0.6) is 0 Å². The van der Waals surface area contributed by atoms with Gasteiger partial charge in [0.25, 0.3) is 0 Å². The molecule has 0 saturated heterocycles. The van der Waals surface area contributed by atoms with Gasteiger partial charge >= 0.3 is 59.1 Å². The standard InChI is InChI=1S/CH6OSi.2Na.2H/c1-3-2;;;;/h2H,3H2,1H3;;;;. The third kappa shape index (κ3) is 22.7. The third-order valence-electron chi connectivity index (χ3n) is 0. The molecule has 0 bridgehead atoms. The summed E-state index contributed by atoms with van der Waals surface area (Å²) in [6.07, 6.45) is 0. The Kier molecular flexibility index (Phi) is 51.5. The zero-order chi connectivity index (χ0) is 2.71. The van der Waals surface area contributed by atoms with Crippen molar-refractivity contribution in [1.82, 2.24) is 0 Å². The molecule has 0 amide bonds. The van der Waals surface area contributed by atoms with Crippen molar-refractivity contribution >= 4 is 68.9 Å². The van der Waals surface area contributed by atoms with Gasteiger partial charge in [0.2, 0.25) is 0 Å². The monoisotopic (exact) mass is 110 g/mol. The molecule has 0 aliphatic heterocycles. The molecule has 0 aromatic heterocycles. The van der Waals surface area contributed by atoms with Gasteiger partial charge in [-0.05, 0) is 0 Å². The minimum atomic E-state index is -0.583. The molecule has 0 radical (unpaired) electrons. The fourth-order valence-electron chi connectivity index (χ4n) is 0. The van der Waals surface area contributed by atoms with E-state index >= 15 is 0 Å². The van der Waals surface area contributed by atoms with Crippen LogP contribution in [0.25, 0.3) is 0 Å². The van der Waals surface area contributed by atoms with Crippen LogP contribution in [-0.4, -0.2) is 73.7 Å². The van der Waals surface area contributed by atoms with Crippen LogP contribution >= 0.6 is 0 Å². The number of hydrogen-bond acceptors (Lipinski definition) is 1. The van der Waals surface area contributed by atoms with Gasteiger partial charge in [0.05, 0.1) is 0 Å². The van der Waals surface area contributed by atoms with Gasteiger partial charge in [-0.25, -0.2) is 0 Å². The van der Waals surface area contributed by atoms with Crippen molar-refractivity contribution in [3.63, 3.8) is 0 Å². The molecule has 1 nitrogen and oxygen atoms in total. The van der Waals surface area contributed by atoms with E-state index in [4.69, 9.17) is 4.80 Å². The average molecular weight is 110 g/mol. The second kappa shape index (κ2) is 16.4. The Labute approximate surface area is 79.1 Å². The molecule has 5 heavy (non-hydrogen) atoms. The van der Waals surface area contributed by atoms with E-state index in [2.05, 4.69) is 0 Å². The Morgan fingerprint density at radius 2 is 1.40 bits per heavy atom. The predicted molar refractivity (Wildman–Crippen MR) is 30.9 cm³/mol. The van der Waals surface area contributed by atoms with Crippen LogP contribution in [0.15, 0.2) is 0 Å². The van der Waals surface area contributed by atoms with E-state index in [9.17, 15) is 0 Å². The Bertz CT molecular complexity index is 9.61. The van der Waals surface area contributed by atoms with E-state index in [1.807, 2.05) is 6.55 Å². The average Bonchev–Trinajstić information content (AvgIpc) is 0.918. The van der Waals surface area contributed by atoms with Gasteiger partial charge in [-0.15, -0.1) is 0 Å². The zero-order valence-electron chi connectivity index (χ0n) is 2.15. The van der Waals surface area contributed by atoms with Gasteiger partial charge in [0, 0.05) is 0 Å². The summed E-state index contributed by atoms with van der Waals surface area (Å²) in [5, 5.41) is 0. The van der Waals surface area contributed by atoms with E-state index in [0.717, 1.165) is 0 Å². The molecule has 0 aliphatic rings. The van der Waals surface area contributed by atoms with Gasteiger partial charge < -0.3 is 4.80 Å². The molecule has 0 heterocycles. The van der Waals surface area contributed by atoms with Crippen LogP contribution in [0.1, 0.15) is 0 Å². The van der Waals surface area contributed by atoms with Crippen LogP contribution in [-0.2, 0) is 0 Å². The molecule has 0 fully saturated rings. The molecule has 0 rings (SSSR count). The van der Waals surface area contributed by atoms with Crippen molar-refractivity contribution in [2.24, 2.45) is 0 Å². The van der Waals surface area contributed by atoms with Crippen molar-refractivity contribution in [2.75, 3.05) is 0 Å². The van der Waals surface area contributed by atoms with Crippen LogP contribution in [0, 0.1) is 0 Å². The summed E-state index contributed by atoms with van der Waals surface area (Å²) >= 11 is 0. The summed E-state index contributed by atoms with van der Waals surface area (Å²) in [6, 6.07) is 0. The fraction of sp³-hybridized carbons (Fsp3) is 1.00. The van der Waals surface area contributed by atoms with Crippen LogP contribution in [0.2, 0.25) is 6.55 Å². The van der Waals surface area contributed by atoms with Crippen LogP contribution in [0.4, 0.5) is 0 Å². The molecule has 0 unspecified atom stereocenters. The molecular formula is CH8Na2OSi. The Hall–Kier alpha value is 2.18. The normalized spacial score (nSPS) is 6.00. The molecule has 4 heteroatoms. The first-order chi connectivity index (χ1) is 1.41. The maximum absolute atomic E-state index is 7.71. The van der Waals surface area contributed by atoms with Gasteiger partial charge in [-0.2, -0.15) is 0 Å². The first-order valence-electron chi connectivity index (χ1n) is 1.02. The third-order valence-corrected chi connectivity index (χ3v) is 0. The molecule has 24 valence electrons. The Balaban J connectivity index is -0.0000000200. The fourth-order valence-corrected chi connectivity index (χ4v) is 0. The SMILES string of the molecule is C[SiH2]O.[NaH].[NaH]. The number of rotatable bonds is 0. The van der Waals surface area contributed by atoms with E-state index in [1.165, 1.54) is 0 Å². The van der Waals surface area contributed by atoms with E-state index in [-0.39, 0.29) is 59.1 Å². The van der Waals surface area contributed by atoms with Crippen molar-refractivity contribution in [2.45, 2.75) is 6.55 Å². The molecule has 0 atom stereocenters. The van der Waals surface area contributed by atoms with Gasteiger partial charge in [0.15, 0.2) is 9.76 Å². The molecule has 0 aliphatic carbocycles. The zero-order valence-corrected chi connectivity index (χ0v) is 3.57. The molecule has 0 spiro atoms. The van der Waals surface area contributed by atoms with Gasteiger partial charge in [-0.3, -0.25) is 0 Å². The predicted octanol–water partition coefficient (Wildman–Crippen LogP) is -2.19. The summed E-state index contributed by atoms with van der Waals surface area (Å²) in [5.41, 5.74) is 0. The van der Waals surface area contributed by atoms with Crippen molar-refractivity contribution in [3.05, 3.63) is 0 Å². The van der Waals surface area contributed by atoms with Gasteiger partial charge in [-0.1, -0.05) is 6.55 Å². The summed E-state index contributed by atoms with van der Waals surface area (Å²) in [4.78, 5) is 7.71. The molecule has 0 aromatic rings. The van der Waals surface area contributed by atoms with Crippen molar-refractivity contribution in [1.29, 1.82) is 0 Å². The minimum absolute atomic E-state index is 0. The molecule has 0 aromatic carbocycles. The molecular weight excluding hydrogens is 102 g/mol. The topological polar surface area (TPSA) is 20.2 Å². The second-order valence-corrected chi connectivity index (χ2v) is 0.949. The summed E-state index contributed by atoms with van der Waals surface area (Å²) in [5.74, 6) is 0. The molecule has 0 saturated carbocycles. The number of hydrogen-bond donors (Lipinski definition) is 1. The summed E-state index contributed by atoms with van der Waals surface area (Å²) in [7, 11) is -0.583. The molecule has 1 N–H and O–H groups in total. The summed E-state index contributed by atoms with van der Waals surface area (Å²) < 4.78 is 0. The van der Waals surface area contributed by atoms with Crippen molar-refractivity contribution in [3.8, 4) is 0 Å². The van der Waals surface area contributed by atoms with Crippen molar-refractivity contribution < 1.29 is 4.80 Å². The quantitative estimate of drug-likeness (QED) is 0.351. The Morgan fingerprint density at radius 3 is 1.40 bits per heavy atom. The Morgan fingerprint density at radius 1 is 1.40 bits per heavy atom. The first kappa shape index (κ1) is 15.7. The van der Waals surface area contributed by atoms with E-state index < -0.39 is 9.76 Å². The van der Waals surface area contributed by atoms with Crippen LogP contribution < -0.4 is 0 Å². The summed E-state index contributed by atoms with van der Waals surface area (Å²) in [6.45, 7) is 1.82.